The number of fused-ring (bicyclic) bond motifs is 1. The molecule has 0 atom stereocenters. The molecule has 2 N–H and O–H groups in total. The van der Waals surface area contributed by atoms with Crippen molar-refractivity contribution in [3.05, 3.63) is 70.8 Å². The largest absolute Gasteiger partial charge is 0.348 e. The maximum absolute atomic E-state index is 12.1. The lowest BCUT2D eigenvalue weighted by atomic mass is 10.1. The van der Waals surface area contributed by atoms with Crippen LogP contribution in [0.5, 0.6) is 0 Å². The average molecular weight is 252 g/mol. The van der Waals surface area contributed by atoms with E-state index >= 15 is 0 Å². The summed E-state index contributed by atoms with van der Waals surface area (Å²) in [7, 11) is 0. The molecule has 0 saturated heterocycles. The van der Waals surface area contributed by atoms with Gasteiger partial charge in [0.15, 0.2) is 0 Å². The van der Waals surface area contributed by atoms with Gasteiger partial charge >= 0.3 is 0 Å². The van der Waals surface area contributed by atoms with E-state index in [9.17, 15) is 4.79 Å². The summed E-state index contributed by atoms with van der Waals surface area (Å²) in [6.45, 7) is 2.32. The monoisotopic (exact) mass is 252 g/mol. The van der Waals surface area contributed by atoms with Crippen LogP contribution in [0.1, 0.15) is 27.0 Å². The Morgan fingerprint density at radius 2 is 1.84 bits per heavy atom. The lowest BCUT2D eigenvalue weighted by molar-refractivity contribution is 0.0951. The van der Waals surface area contributed by atoms with Crippen molar-refractivity contribution < 1.29 is 4.79 Å². The molecule has 2 aromatic carbocycles. The first-order valence-corrected chi connectivity index (χ1v) is 6.47. The van der Waals surface area contributed by atoms with Gasteiger partial charge in [-0.3, -0.25) is 4.79 Å². The molecular formula is C16H16N2O. The molecule has 96 valence electrons. The van der Waals surface area contributed by atoms with Gasteiger partial charge in [-0.05, 0) is 28.8 Å². The summed E-state index contributed by atoms with van der Waals surface area (Å²) in [5.41, 5.74) is 4.36. The van der Waals surface area contributed by atoms with Crippen molar-refractivity contribution in [2.45, 2.75) is 19.6 Å². The molecule has 2 aromatic rings. The molecule has 3 heteroatoms. The molecule has 0 bridgehead atoms. The molecule has 1 aliphatic heterocycles. The Balaban J connectivity index is 1.67. The maximum atomic E-state index is 12.1. The predicted molar refractivity (Wildman–Crippen MR) is 74.6 cm³/mol. The molecule has 0 aliphatic carbocycles. The van der Waals surface area contributed by atoms with E-state index in [-0.39, 0.29) is 5.91 Å². The van der Waals surface area contributed by atoms with Gasteiger partial charge < -0.3 is 10.6 Å². The lowest BCUT2D eigenvalue weighted by Gasteiger charge is -2.07. The van der Waals surface area contributed by atoms with Gasteiger partial charge in [-0.2, -0.15) is 0 Å². The topological polar surface area (TPSA) is 41.1 Å². The molecule has 19 heavy (non-hydrogen) atoms. The minimum atomic E-state index is -0.0152. The van der Waals surface area contributed by atoms with Crippen molar-refractivity contribution in [1.29, 1.82) is 0 Å². The van der Waals surface area contributed by atoms with Crippen molar-refractivity contribution in [2.24, 2.45) is 0 Å². The fourth-order valence-corrected chi connectivity index (χ4v) is 2.32. The molecule has 0 fully saturated rings. The van der Waals surface area contributed by atoms with Crippen molar-refractivity contribution in [2.75, 3.05) is 0 Å². The second kappa shape index (κ2) is 5.24. The Bertz CT molecular complexity index is 593. The summed E-state index contributed by atoms with van der Waals surface area (Å²) in [5.74, 6) is -0.0152. The van der Waals surface area contributed by atoms with Crippen LogP contribution in [-0.4, -0.2) is 5.91 Å². The lowest BCUT2D eigenvalue weighted by Crippen LogP contribution is -2.22. The van der Waals surface area contributed by atoms with Gasteiger partial charge in [-0.1, -0.05) is 36.4 Å². The van der Waals surface area contributed by atoms with Crippen LogP contribution in [0, 0.1) is 0 Å². The highest BCUT2D eigenvalue weighted by molar-refractivity contribution is 5.94. The Morgan fingerprint density at radius 3 is 2.68 bits per heavy atom. The van der Waals surface area contributed by atoms with Crippen LogP contribution >= 0.6 is 0 Å². The first-order valence-electron chi connectivity index (χ1n) is 6.47. The van der Waals surface area contributed by atoms with Crippen LogP contribution in [0.15, 0.2) is 48.5 Å². The van der Waals surface area contributed by atoms with Gasteiger partial charge in [0.1, 0.15) is 0 Å². The van der Waals surface area contributed by atoms with E-state index in [0.29, 0.717) is 6.54 Å². The molecule has 0 unspecified atom stereocenters. The minimum Gasteiger partial charge on any atom is -0.348 e. The van der Waals surface area contributed by atoms with Crippen LogP contribution in [0.25, 0.3) is 0 Å². The number of nitrogens with one attached hydrogen (secondary N) is 2. The number of carbonyl (C=O) groups excluding carboxylic acids is 1. The van der Waals surface area contributed by atoms with Gasteiger partial charge in [0.25, 0.3) is 5.91 Å². The molecule has 0 saturated carbocycles. The molecule has 0 aromatic heterocycles. The summed E-state index contributed by atoms with van der Waals surface area (Å²) < 4.78 is 0. The highest BCUT2D eigenvalue weighted by Crippen LogP contribution is 2.17. The Hall–Kier alpha value is -2.13. The van der Waals surface area contributed by atoms with Crippen molar-refractivity contribution in [1.82, 2.24) is 10.6 Å². The number of carbonyl (C=O) groups is 1. The summed E-state index contributed by atoms with van der Waals surface area (Å²) >= 11 is 0. The van der Waals surface area contributed by atoms with Gasteiger partial charge in [0.2, 0.25) is 0 Å². The molecule has 3 rings (SSSR count). The Labute approximate surface area is 112 Å². The average Bonchev–Trinajstić information content (AvgIpc) is 2.93. The highest BCUT2D eigenvalue weighted by atomic mass is 16.1. The summed E-state index contributed by atoms with van der Waals surface area (Å²) in [4.78, 5) is 12.1. The van der Waals surface area contributed by atoms with E-state index in [1.165, 1.54) is 11.1 Å². The zero-order valence-corrected chi connectivity index (χ0v) is 10.6. The SMILES string of the molecule is O=C(NCc1ccccc1)c1ccc2c(c1)CNC2. The molecule has 1 amide bonds. The van der Waals surface area contributed by atoms with Gasteiger partial charge in [-0.25, -0.2) is 0 Å². The van der Waals surface area contributed by atoms with Crippen molar-refractivity contribution >= 4 is 5.91 Å². The van der Waals surface area contributed by atoms with Crippen LogP contribution in [0.3, 0.4) is 0 Å². The predicted octanol–water partition coefficient (Wildman–Crippen LogP) is 2.22. The third kappa shape index (κ3) is 2.66. The highest BCUT2D eigenvalue weighted by Gasteiger charge is 2.13. The summed E-state index contributed by atoms with van der Waals surface area (Å²) in [6, 6.07) is 15.8. The van der Waals surface area contributed by atoms with E-state index < -0.39 is 0 Å². The number of benzene rings is 2. The second-order valence-corrected chi connectivity index (χ2v) is 4.76. The van der Waals surface area contributed by atoms with Crippen LogP contribution in [-0.2, 0) is 19.6 Å². The van der Waals surface area contributed by atoms with Crippen LogP contribution in [0.2, 0.25) is 0 Å². The van der Waals surface area contributed by atoms with Crippen LogP contribution in [0.4, 0.5) is 0 Å². The zero-order chi connectivity index (χ0) is 13.1. The summed E-state index contributed by atoms with van der Waals surface area (Å²) in [5, 5.41) is 6.23. The van der Waals surface area contributed by atoms with Crippen LogP contribution < -0.4 is 10.6 Å². The smallest absolute Gasteiger partial charge is 0.251 e. The van der Waals surface area contributed by atoms with E-state index in [0.717, 1.165) is 24.2 Å². The molecule has 1 aliphatic rings. The minimum absolute atomic E-state index is 0.0152. The number of rotatable bonds is 3. The Kier molecular flexibility index (Phi) is 3.29. The number of hydrogen-bond donors (Lipinski definition) is 2. The van der Waals surface area contributed by atoms with Gasteiger partial charge in [0.05, 0.1) is 0 Å². The Morgan fingerprint density at radius 1 is 1.05 bits per heavy atom. The van der Waals surface area contributed by atoms with Crippen molar-refractivity contribution in [3.8, 4) is 0 Å². The van der Waals surface area contributed by atoms with Crippen molar-refractivity contribution in [3.63, 3.8) is 0 Å². The molecule has 1 heterocycles. The third-order valence-corrected chi connectivity index (χ3v) is 3.40. The fraction of sp³-hybridized carbons (Fsp3) is 0.188. The van der Waals surface area contributed by atoms with E-state index in [4.69, 9.17) is 0 Å². The molecule has 0 spiro atoms. The fourth-order valence-electron chi connectivity index (χ4n) is 2.32. The van der Waals surface area contributed by atoms with Gasteiger partial charge in [0, 0.05) is 25.2 Å². The zero-order valence-electron chi connectivity index (χ0n) is 10.6. The van der Waals surface area contributed by atoms with E-state index in [1.807, 2.05) is 48.5 Å². The molecular weight excluding hydrogens is 236 g/mol. The molecule has 3 nitrogen and oxygen atoms in total. The first kappa shape index (κ1) is 11.9. The number of amides is 1. The van der Waals surface area contributed by atoms with E-state index in [1.54, 1.807) is 0 Å². The molecule has 0 radical (unpaired) electrons. The van der Waals surface area contributed by atoms with Gasteiger partial charge in [-0.15, -0.1) is 0 Å². The quantitative estimate of drug-likeness (QED) is 0.879. The summed E-state index contributed by atoms with van der Waals surface area (Å²) in [6.07, 6.45) is 0. The second-order valence-electron chi connectivity index (χ2n) is 4.76. The van der Waals surface area contributed by atoms with E-state index in [2.05, 4.69) is 10.6 Å². The first-order chi connectivity index (χ1) is 9.33. The number of hydrogen-bond acceptors (Lipinski definition) is 2. The maximum Gasteiger partial charge on any atom is 0.251 e. The normalized spacial score (nSPS) is 13.1. The third-order valence-electron chi connectivity index (χ3n) is 3.40. The standard InChI is InChI=1S/C16H16N2O/c19-16(18-9-12-4-2-1-3-5-12)13-6-7-14-10-17-11-15(14)8-13/h1-8,17H,9-11H2,(H,18,19).